The van der Waals surface area contributed by atoms with E-state index in [4.69, 9.17) is 0 Å². The maximum Gasteiger partial charge on any atom is 0.460 e. The number of rotatable bonds is 16. The summed E-state index contributed by atoms with van der Waals surface area (Å²) in [5.74, 6) is -63.9. The maximum atomic E-state index is 14.4. The monoisotopic (exact) mass is 704 g/mol. The van der Waals surface area contributed by atoms with Crippen molar-refractivity contribution in [3.63, 3.8) is 0 Å². The molecule has 0 radical (unpaired) electrons. The van der Waals surface area contributed by atoms with Gasteiger partial charge in [0, 0.05) is 12.2 Å². The summed E-state index contributed by atoms with van der Waals surface area (Å²) in [6.45, 7) is 2.57. The average Bonchev–Trinajstić information content (AvgIpc) is 2.88. The number of carbonyl (C=O) groups excluding carboxylic acids is 3. The van der Waals surface area contributed by atoms with Crippen LogP contribution in [0.5, 0.6) is 0 Å². The van der Waals surface area contributed by atoms with E-state index in [1.54, 1.807) is 0 Å². The van der Waals surface area contributed by atoms with E-state index in [9.17, 15) is 94.1 Å². The highest BCUT2D eigenvalue weighted by molar-refractivity contribution is 5.83. The van der Waals surface area contributed by atoms with E-state index in [0.29, 0.717) is 13.0 Å². The number of carbonyl (C=O) groups is 3. The van der Waals surface area contributed by atoms with Gasteiger partial charge in [-0.3, -0.25) is 0 Å². The zero-order chi connectivity index (χ0) is 36.5. The van der Waals surface area contributed by atoms with Crippen LogP contribution in [0.15, 0.2) is 25.3 Å². The number of aliphatic hydroxyl groups is 1. The van der Waals surface area contributed by atoms with Gasteiger partial charge in [0.05, 0.1) is 6.42 Å². The van der Waals surface area contributed by atoms with Crippen LogP contribution in [0.25, 0.3) is 0 Å². The molecule has 7 nitrogen and oxygen atoms in total. The van der Waals surface area contributed by atoms with E-state index < -0.39 is 96.9 Å². The Morgan fingerprint density at radius 2 is 1.00 bits per heavy atom. The molecule has 0 fully saturated rings. The van der Waals surface area contributed by atoms with E-state index in [1.807, 2.05) is 0 Å². The molecule has 0 spiro atoms. The van der Waals surface area contributed by atoms with E-state index in [0.717, 1.165) is 0 Å². The van der Waals surface area contributed by atoms with Gasteiger partial charge in [-0.15, -0.1) is 0 Å². The van der Waals surface area contributed by atoms with Crippen molar-refractivity contribution in [2.45, 2.75) is 72.7 Å². The van der Waals surface area contributed by atoms with Gasteiger partial charge in [-0.05, 0) is 6.92 Å². The van der Waals surface area contributed by atoms with Crippen LogP contribution in [0, 0.1) is 0 Å². The fourth-order valence-electron chi connectivity index (χ4n) is 2.59. The summed E-state index contributed by atoms with van der Waals surface area (Å²) in [6.07, 6.45) is -13.9. The van der Waals surface area contributed by atoms with E-state index in [-0.39, 0.29) is 6.08 Å². The molecule has 262 valence electrons. The zero-order valence-electron chi connectivity index (χ0n) is 21.6. The zero-order valence-corrected chi connectivity index (χ0v) is 21.6. The Balaban J connectivity index is 6.73. The van der Waals surface area contributed by atoms with E-state index in [2.05, 4.69) is 27.4 Å². The van der Waals surface area contributed by atoms with Crippen molar-refractivity contribution in [3.8, 4) is 0 Å². The van der Waals surface area contributed by atoms with Gasteiger partial charge in [0.2, 0.25) is 0 Å². The Morgan fingerprint density at radius 1 is 0.644 bits per heavy atom. The third-order valence-corrected chi connectivity index (χ3v) is 5.22. The molecular weight excluding hydrogens is 687 g/mol. The van der Waals surface area contributed by atoms with E-state index in [1.165, 1.54) is 0 Å². The minimum absolute atomic E-state index is 0.199. The predicted octanol–water partition coefficient (Wildman–Crippen LogP) is 5.51. The van der Waals surface area contributed by atoms with Gasteiger partial charge in [-0.25, -0.2) is 14.4 Å². The highest BCUT2D eigenvalue weighted by atomic mass is 19.4. The third-order valence-electron chi connectivity index (χ3n) is 5.22. The molecule has 0 aromatic heterocycles. The molecule has 0 aromatic rings. The Kier molecular flexibility index (Phi) is 11.9. The summed E-state index contributed by atoms with van der Waals surface area (Å²) in [5.41, 5.74) is -3.16. The lowest BCUT2D eigenvalue weighted by molar-refractivity contribution is -0.462. The predicted molar refractivity (Wildman–Crippen MR) is 108 cm³/mol. The van der Waals surface area contributed by atoms with Crippen molar-refractivity contribution in [1.29, 1.82) is 0 Å². The molecule has 0 aliphatic rings. The molecule has 1 N–H and O–H groups in total. The summed E-state index contributed by atoms with van der Waals surface area (Å²) >= 11 is 0. The highest BCUT2D eigenvalue weighted by Crippen LogP contribution is 2.64. The van der Waals surface area contributed by atoms with Gasteiger partial charge in [0.15, 0.2) is 5.60 Å². The van der Waals surface area contributed by atoms with Crippen molar-refractivity contribution in [2.24, 2.45) is 0 Å². The standard InChI is InChI=1S/C21H17F17O7/c1-4-10(39)43-7-9(45-12(41)13(3,42)8-44-11(40)5-2)6-14(22,23)15(24,25)16(26,27)17(28,29)18(30,31)19(32,33)20(34,35)21(36,37)38/h4-5,9,42H,1-2,6-8H2,3H3. The summed E-state index contributed by atoms with van der Waals surface area (Å²) in [6, 6.07) is 0. The fraction of sp³-hybridized carbons (Fsp3) is 0.667. The number of esters is 3. The first-order valence-corrected chi connectivity index (χ1v) is 10.9. The first-order chi connectivity index (χ1) is 19.7. The van der Waals surface area contributed by atoms with Gasteiger partial charge in [0.1, 0.15) is 19.3 Å². The SMILES string of the molecule is C=CC(=O)OCC(CC(F)(F)C(F)(F)C(F)(F)C(F)(F)C(F)(F)C(F)(F)C(F)(F)C(F)(F)F)OC(=O)C(C)(O)COC(=O)C=C. The van der Waals surface area contributed by atoms with Gasteiger partial charge in [-0.1, -0.05) is 13.2 Å². The lowest BCUT2D eigenvalue weighted by Crippen LogP contribution is -2.74. The van der Waals surface area contributed by atoms with Crippen LogP contribution in [-0.2, 0) is 28.6 Å². The van der Waals surface area contributed by atoms with Crippen molar-refractivity contribution in [2.75, 3.05) is 13.2 Å². The molecule has 0 saturated heterocycles. The van der Waals surface area contributed by atoms with Crippen molar-refractivity contribution >= 4 is 17.9 Å². The molecule has 0 heterocycles. The van der Waals surface area contributed by atoms with Crippen molar-refractivity contribution in [1.82, 2.24) is 0 Å². The van der Waals surface area contributed by atoms with E-state index >= 15 is 0 Å². The second kappa shape index (κ2) is 12.8. The van der Waals surface area contributed by atoms with Crippen molar-refractivity contribution in [3.05, 3.63) is 25.3 Å². The molecule has 0 amide bonds. The average molecular weight is 704 g/mol. The second-order valence-corrected chi connectivity index (χ2v) is 8.80. The van der Waals surface area contributed by atoms with Crippen LogP contribution < -0.4 is 0 Å². The van der Waals surface area contributed by atoms with Crippen molar-refractivity contribution < 1.29 is 108 Å². The number of alkyl halides is 17. The van der Waals surface area contributed by atoms with Crippen LogP contribution in [0.3, 0.4) is 0 Å². The summed E-state index contributed by atoms with van der Waals surface area (Å²) < 4.78 is 242. The Hall–Kier alpha value is -3.34. The van der Waals surface area contributed by atoms with Gasteiger partial charge >= 0.3 is 65.5 Å². The quantitative estimate of drug-likeness (QED) is 0.0981. The lowest BCUT2D eigenvalue weighted by Gasteiger charge is -2.43. The Morgan fingerprint density at radius 3 is 1.38 bits per heavy atom. The minimum Gasteiger partial charge on any atom is -0.459 e. The van der Waals surface area contributed by atoms with Gasteiger partial charge < -0.3 is 19.3 Å². The van der Waals surface area contributed by atoms with Crippen LogP contribution in [0.2, 0.25) is 0 Å². The minimum atomic E-state index is -8.85. The smallest absolute Gasteiger partial charge is 0.459 e. The molecule has 0 aromatic carbocycles. The summed E-state index contributed by atoms with van der Waals surface area (Å²) in [5, 5.41) is 9.92. The largest absolute Gasteiger partial charge is 0.460 e. The van der Waals surface area contributed by atoms with Crippen LogP contribution in [-0.4, -0.2) is 95.6 Å². The van der Waals surface area contributed by atoms with Crippen LogP contribution >= 0.6 is 0 Å². The molecular formula is C21H17F17O7. The molecule has 0 aliphatic heterocycles. The number of halogens is 17. The Labute approximate surface area is 238 Å². The molecule has 0 bridgehead atoms. The number of hydrogen-bond donors (Lipinski definition) is 1. The molecule has 0 aliphatic carbocycles. The summed E-state index contributed by atoms with van der Waals surface area (Å²) in [7, 11) is 0. The molecule has 0 rings (SSSR count). The number of ether oxygens (including phenoxy) is 3. The topological polar surface area (TPSA) is 99.1 Å². The first-order valence-electron chi connectivity index (χ1n) is 10.9. The van der Waals surface area contributed by atoms with Crippen LogP contribution in [0.1, 0.15) is 13.3 Å². The Bertz CT molecular complexity index is 1130. The number of hydrogen-bond acceptors (Lipinski definition) is 7. The molecule has 45 heavy (non-hydrogen) atoms. The second-order valence-electron chi connectivity index (χ2n) is 8.80. The molecule has 2 atom stereocenters. The maximum absolute atomic E-state index is 14.4. The molecule has 0 saturated carbocycles. The van der Waals surface area contributed by atoms with Gasteiger partial charge in [0.25, 0.3) is 0 Å². The normalized spacial score (nSPS) is 16.2. The fourth-order valence-corrected chi connectivity index (χ4v) is 2.59. The summed E-state index contributed by atoms with van der Waals surface area (Å²) in [4.78, 5) is 34.3. The highest BCUT2D eigenvalue weighted by Gasteiger charge is 2.95. The lowest BCUT2D eigenvalue weighted by atomic mass is 9.87. The van der Waals surface area contributed by atoms with Gasteiger partial charge in [-0.2, -0.15) is 74.6 Å². The first kappa shape index (κ1) is 41.7. The van der Waals surface area contributed by atoms with Crippen LogP contribution in [0.4, 0.5) is 74.6 Å². The third kappa shape index (κ3) is 7.56. The molecule has 2 unspecified atom stereocenters. The molecule has 24 heteroatoms.